The molecule has 0 radical (unpaired) electrons. The van der Waals surface area contributed by atoms with E-state index in [1.165, 1.54) is 0 Å². The molecule has 1 aromatic carbocycles. The van der Waals surface area contributed by atoms with E-state index in [4.69, 9.17) is 17.0 Å². The normalized spacial score (nSPS) is 10.2. The quantitative estimate of drug-likeness (QED) is 0.564. The first-order valence-electron chi connectivity index (χ1n) is 5.71. The van der Waals surface area contributed by atoms with E-state index in [-0.39, 0.29) is 0 Å². The van der Waals surface area contributed by atoms with Crippen LogP contribution >= 0.6 is 44.1 Å². The van der Waals surface area contributed by atoms with Gasteiger partial charge in [-0.3, -0.25) is 0 Å². The molecule has 0 spiro atoms. The Kier molecular flexibility index (Phi) is 7.81. The molecule has 18 heavy (non-hydrogen) atoms. The number of anilines is 1. The molecule has 0 aromatic heterocycles. The van der Waals surface area contributed by atoms with Gasteiger partial charge in [0.1, 0.15) is 0 Å². The minimum Gasteiger partial charge on any atom is -0.382 e. The second-order valence-corrected chi connectivity index (χ2v) is 5.64. The predicted octanol–water partition coefficient (Wildman–Crippen LogP) is 3.92. The van der Waals surface area contributed by atoms with Crippen molar-refractivity contribution < 1.29 is 4.74 Å². The van der Waals surface area contributed by atoms with E-state index < -0.39 is 0 Å². The van der Waals surface area contributed by atoms with Crippen molar-refractivity contribution in [2.45, 2.75) is 13.3 Å². The summed E-state index contributed by atoms with van der Waals surface area (Å²) in [5.41, 5.74) is 0.930. The zero-order chi connectivity index (χ0) is 13.4. The SMILES string of the molecule is CCOCCCNC(=S)Nc1c(Br)cccc1Br. The van der Waals surface area contributed by atoms with Crippen molar-refractivity contribution >= 4 is 54.9 Å². The number of nitrogens with one attached hydrogen (secondary N) is 2. The third kappa shape index (κ3) is 5.65. The molecule has 100 valence electrons. The number of rotatable bonds is 6. The molecular formula is C12H16Br2N2OS. The van der Waals surface area contributed by atoms with E-state index in [9.17, 15) is 0 Å². The first kappa shape index (κ1) is 15.9. The van der Waals surface area contributed by atoms with Crippen LogP contribution in [0.5, 0.6) is 0 Å². The Hall–Kier alpha value is -0.170. The maximum atomic E-state index is 5.25. The molecule has 0 aliphatic rings. The van der Waals surface area contributed by atoms with Crippen LogP contribution in [0.15, 0.2) is 27.1 Å². The molecule has 0 fully saturated rings. The lowest BCUT2D eigenvalue weighted by Crippen LogP contribution is -2.30. The average molecular weight is 396 g/mol. The maximum absolute atomic E-state index is 5.25. The van der Waals surface area contributed by atoms with Gasteiger partial charge in [0, 0.05) is 28.7 Å². The van der Waals surface area contributed by atoms with Crippen LogP contribution in [0.4, 0.5) is 5.69 Å². The topological polar surface area (TPSA) is 33.3 Å². The van der Waals surface area contributed by atoms with Gasteiger partial charge in [-0.05, 0) is 69.6 Å². The Labute approximate surface area is 130 Å². The van der Waals surface area contributed by atoms with Crippen molar-refractivity contribution in [1.29, 1.82) is 0 Å². The second-order valence-electron chi connectivity index (χ2n) is 3.53. The fourth-order valence-corrected chi connectivity index (χ4v) is 2.70. The standard InChI is InChI=1S/C12H16Br2N2OS/c1-2-17-8-4-7-15-12(18)16-11-9(13)5-3-6-10(11)14/h3,5-6H,2,4,7-8H2,1H3,(H2,15,16,18). The van der Waals surface area contributed by atoms with E-state index in [1.807, 2.05) is 25.1 Å². The summed E-state index contributed by atoms with van der Waals surface area (Å²) in [6.07, 6.45) is 0.937. The van der Waals surface area contributed by atoms with Gasteiger partial charge in [-0.15, -0.1) is 0 Å². The highest BCUT2D eigenvalue weighted by atomic mass is 79.9. The zero-order valence-corrected chi connectivity index (χ0v) is 14.1. The smallest absolute Gasteiger partial charge is 0.170 e. The van der Waals surface area contributed by atoms with Crippen molar-refractivity contribution in [3.8, 4) is 0 Å². The van der Waals surface area contributed by atoms with Gasteiger partial charge in [-0.25, -0.2) is 0 Å². The number of halogens is 2. The fourth-order valence-electron chi connectivity index (χ4n) is 1.30. The first-order chi connectivity index (χ1) is 8.65. The average Bonchev–Trinajstić information content (AvgIpc) is 2.34. The summed E-state index contributed by atoms with van der Waals surface area (Å²) >= 11 is 12.2. The van der Waals surface area contributed by atoms with Gasteiger partial charge in [0.25, 0.3) is 0 Å². The van der Waals surface area contributed by atoms with E-state index in [2.05, 4.69) is 42.5 Å². The second kappa shape index (κ2) is 8.85. The lowest BCUT2D eigenvalue weighted by molar-refractivity contribution is 0.146. The molecule has 0 bridgehead atoms. The van der Waals surface area contributed by atoms with Crippen molar-refractivity contribution in [2.24, 2.45) is 0 Å². The highest BCUT2D eigenvalue weighted by Crippen LogP contribution is 2.30. The van der Waals surface area contributed by atoms with Gasteiger partial charge in [0.05, 0.1) is 5.69 Å². The van der Waals surface area contributed by atoms with Gasteiger partial charge in [0.15, 0.2) is 5.11 Å². The van der Waals surface area contributed by atoms with E-state index >= 15 is 0 Å². The van der Waals surface area contributed by atoms with Crippen LogP contribution in [0.2, 0.25) is 0 Å². The monoisotopic (exact) mass is 394 g/mol. The summed E-state index contributed by atoms with van der Waals surface area (Å²) in [4.78, 5) is 0. The van der Waals surface area contributed by atoms with Crippen LogP contribution in [-0.4, -0.2) is 24.9 Å². The van der Waals surface area contributed by atoms with Gasteiger partial charge in [-0.1, -0.05) is 6.07 Å². The Bertz CT molecular complexity index is 381. The van der Waals surface area contributed by atoms with Crippen LogP contribution < -0.4 is 10.6 Å². The van der Waals surface area contributed by atoms with Crippen LogP contribution in [-0.2, 0) is 4.74 Å². The summed E-state index contributed by atoms with van der Waals surface area (Å²) in [7, 11) is 0. The summed E-state index contributed by atoms with van der Waals surface area (Å²) in [5.74, 6) is 0. The summed E-state index contributed by atoms with van der Waals surface area (Å²) < 4.78 is 7.19. The Balaban J connectivity index is 2.36. The van der Waals surface area contributed by atoms with Gasteiger partial charge < -0.3 is 15.4 Å². The molecule has 0 saturated heterocycles. The molecule has 0 aliphatic carbocycles. The first-order valence-corrected chi connectivity index (χ1v) is 7.71. The predicted molar refractivity (Wildman–Crippen MR) is 87.2 cm³/mol. The van der Waals surface area contributed by atoms with Crippen LogP contribution in [0, 0.1) is 0 Å². The van der Waals surface area contributed by atoms with Crippen LogP contribution in [0.25, 0.3) is 0 Å². The zero-order valence-electron chi connectivity index (χ0n) is 10.1. The van der Waals surface area contributed by atoms with E-state index in [0.29, 0.717) is 5.11 Å². The van der Waals surface area contributed by atoms with Gasteiger partial charge in [-0.2, -0.15) is 0 Å². The third-order valence-corrected chi connectivity index (χ3v) is 3.72. The molecule has 0 saturated carbocycles. The third-order valence-electron chi connectivity index (χ3n) is 2.16. The molecule has 0 atom stereocenters. The van der Waals surface area contributed by atoms with E-state index in [0.717, 1.165) is 40.8 Å². The molecule has 0 amide bonds. The number of para-hydroxylation sites is 1. The Morgan fingerprint density at radius 3 is 2.61 bits per heavy atom. The fraction of sp³-hybridized carbons (Fsp3) is 0.417. The van der Waals surface area contributed by atoms with Gasteiger partial charge in [0.2, 0.25) is 0 Å². The van der Waals surface area contributed by atoms with Crippen molar-refractivity contribution in [1.82, 2.24) is 5.32 Å². The highest BCUT2D eigenvalue weighted by molar-refractivity contribution is 9.11. The number of thiocarbonyl (C=S) groups is 1. The number of ether oxygens (including phenoxy) is 1. The van der Waals surface area contributed by atoms with Crippen LogP contribution in [0.3, 0.4) is 0 Å². The molecule has 0 unspecified atom stereocenters. The Morgan fingerprint density at radius 1 is 1.33 bits per heavy atom. The number of benzene rings is 1. The molecule has 0 heterocycles. The van der Waals surface area contributed by atoms with Crippen molar-refractivity contribution in [3.63, 3.8) is 0 Å². The van der Waals surface area contributed by atoms with Gasteiger partial charge >= 0.3 is 0 Å². The van der Waals surface area contributed by atoms with Crippen molar-refractivity contribution in [3.05, 3.63) is 27.1 Å². The number of hydrogen-bond donors (Lipinski definition) is 2. The van der Waals surface area contributed by atoms with E-state index in [1.54, 1.807) is 0 Å². The summed E-state index contributed by atoms with van der Waals surface area (Å²) in [6.45, 7) is 4.30. The largest absolute Gasteiger partial charge is 0.382 e. The maximum Gasteiger partial charge on any atom is 0.170 e. The minimum atomic E-state index is 0.610. The molecule has 6 heteroatoms. The lowest BCUT2D eigenvalue weighted by Gasteiger charge is -2.13. The molecule has 1 rings (SSSR count). The molecule has 3 nitrogen and oxygen atoms in total. The summed E-state index contributed by atoms with van der Waals surface area (Å²) in [5, 5.41) is 6.91. The molecule has 0 aliphatic heterocycles. The minimum absolute atomic E-state index is 0.610. The highest BCUT2D eigenvalue weighted by Gasteiger charge is 2.05. The summed E-state index contributed by atoms with van der Waals surface area (Å²) in [6, 6.07) is 5.88. The molecular weight excluding hydrogens is 380 g/mol. The number of hydrogen-bond acceptors (Lipinski definition) is 2. The lowest BCUT2D eigenvalue weighted by atomic mass is 10.3. The van der Waals surface area contributed by atoms with Crippen molar-refractivity contribution in [2.75, 3.05) is 25.1 Å². The van der Waals surface area contributed by atoms with Crippen LogP contribution in [0.1, 0.15) is 13.3 Å². The molecule has 2 N–H and O–H groups in total. The molecule has 1 aromatic rings. The Morgan fingerprint density at radius 2 is 2.00 bits per heavy atom.